The predicted molar refractivity (Wildman–Crippen MR) is 93.4 cm³/mol. The van der Waals surface area contributed by atoms with Crippen LogP contribution in [0.5, 0.6) is 0 Å². The molecule has 0 bridgehead atoms. The summed E-state index contributed by atoms with van der Waals surface area (Å²) in [5.74, 6) is 1.03. The first-order chi connectivity index (χ1) is 11.0. The molecule has 1 unspecified atom stereocenters. The number of benzene rings is 1. The summed E-state index contributed by atoms with van der Waals surface area (Å²) in [5, 5.41) is 9.08. The smallest absolute Gasteiger partial charge is 0.224 e. The Kier molecular flexibility index (Phi) is 6.59. The molecule has 0 radical (unpaired) electrons. The molecule has 2 rings (SSSR count). The van der Waals surface area contributed by atoms with E-state index in [-0.39, 0.29) is 11.8 Å². The predicted octanol–water partition coefficient (Wildman–Crippen LogP) is 3.00. The topological polar surface area (TPSA) is 70.2 Å². The van der Waals surface area contributed by atoms with Crippen LogP contribution in [0.3, 0.4) is 0 Å². The van der Waals surface area contributed by atoms with Crippen molar-refractivity contribution in [3.05, 3.63) is 24.3 Å². The number of carbonyl (C=O) groups excluding carboxylic acids is 2. The van der Waals surface area contributed by atoms with Gasteiger partial charge in [-0.2, -0.15) is 0 Å². The zero-order chi connectivity index (χ0) is 16.7. The highest BCUT2D eigenvalue weighted by Crippen LogP contribution is 2.17. The van der Waals surface area contributed by atoms with Gasteiger partial charge in [0.2, 0.25) is 11.8 Å². The van der Waals surface area contributed by atoms with Crippen LogP contribution in [-0.2, 0) is 9.59 Å². The van der Waals surface area contributed by atoms with Gasteiger partial charge in [-0.05, 0) is 62.0 Å². The van der Waals surface area contributed by atoms with Gasteiger partial charge in [0.1, 0.15) is 0 Å². The molecule has 1 heterocycles. The van der Waals surface area contributed by atoms with Crippen molar-refractivity contribution in [2.45, 2.75) is 39.5 Å². The minimum atomic E-state index is 0.0157. The summed E-state index contributed by atoms with van der Waals surface area (Å²) in [4.78, 5) is 23.7. The molecule has 126 valence electrons. The molecule has 1 aromatic carbocycles. The van der Waals surface area contributed by atoms with Gasteiger partial charge in [0.15, 0.2) is 0 Å². The van der Waals surface area contributed by atoms with Gasteiger partial charge in [-0.15, -0.1) is 0 Å². The van der Waals surface area contributed by atoms with E-state index in [4.69, 9.17) is 0 Å². The van der Waals surface area contributed by atoms with Gasteiger partial charge in [-0.1, -0.05) is 13.8 Å². The maximum atomic E-state index is 12.0. The lowest BCUT2D eigenvalue weighted by Gasteiger charge is -2.10. The number of hydrogen-bond donors (Lipinski definition) is 3. The number of anilines is 2. The van der Waals surface area contributed by atoms with Crippen LogP contribution in [0.15, 0.2) is 24.3 Å². The highest BCUT2D eigenvalue weighted by Gasteiger charge is 2.15. The van der Waals surface area contributed by atoms with E-state index in [1.54, 1.807) is 0 Å². The van der Waals surface area contributed by atoms with E-state index < -0.39 is 0 Å². The molecule has 1 fully saturated rings. The average molecular weight is 317 g/mol. The van der Waals surface area contributed by atoms with Crippen molar-refractivity contribution in [2.75, 3.05) is 23.7 Å². The molecule has 0 saturated carbocycles. The van der Waals surface area contributed by atoms with Crippen molar-refractivity contribution >= 4 is 23.2 Å². The Morgan fingerprint density at radius 1 is 1.13 bits per heavy atom. The summed E-state index contributed by atoms with van der Waals surface area (Å²) in [7, 11) is 0. The summed E-state index contributed by atoms with van der Waals surface area (Å²) >= 11 is 0. The highest BCUT2D eigenvalue weighted by molar-refractivity contribution is 5.93. The number of rotatable bonds is 7. The number of amides is 2. The molecule has 1 atom stereocenters. The van der Waals surface area contributed by atoms with Crippen LogP contribution in [-0.4, -0.2) is 24.9 Å². The van der Waals surface area contributed by atoms with Crippen molar-refractivity contribution < 1.29 is 9.59 Å². The van der Waals surface area contributed by atoms with Crippen molar-refractivity contribution in [2.24, 2.45) is 11.8 Å². The molecule has 1 saturated heterocycles. The molecule has 5 heteroatoms. The third-order valence-corrected chi connectivity index (χ3v) is 3.99. The fourth-order valence-corrected chi connectivity index (χ4v) is 2.74. The first-order valence-corrected chi connectivity index (χ1v) is 8.43. The van der Waals surface area contributed by atoms with Crippen LogP contribution in [0.4, 0.5) is 11.4 Å². The summed E-state index contributed by atoms with van der Waals surface area (Å²) in [5.41, 5.74) is 1.52. The SMILES string of the molecule is CC(C)CC(=O)Nc1ccc(NC(=O)CCC2CCNC2)cc1. The van der Waals surface area contributed by atoms with Crippen LogP contribution >= 0.6 is 0 Å². The van der Waals surface area contributed by atoms with Crippen molar-refractivity contribution in [1.29, 1.82) is 0 Å². The molecular formula is C18H27N3O2. The Morgan fingerprint density at radius 2 is 1.74 bits per heavy atom. The molecule has 2 amide bonds. The third-order valence-electron chi connectivity index (χ3n) is 3.99. The lowest BCUT2D eigenvalue weighted by atomic mass is 10.0. The minimum absolute atomic E-state index is 0.0157. The van der Waals surface area contributed by atoms with Gasteiger partial charge >= 0.3 is 0 Å². The van der Waals surface area contributed by atoms with E-state index in [9.17, 15) is 9.59 Å². The fraction of sp³-hybridized carbons (Fsp3) is 0.556. The lowest BCUT2D eigenvalue weighted by Crippen LogP contribution is -2.15. The first kappa shape index (κ1) is 17.5. The second kappa shape index (κ2) is 8.67. The standard InChI is InChI=1S/C18H27N3O2/c1-13(2)11-18(23)21-16-6-4-15(5-7-16)20-17(22)8-3-14-9-10-19-12-14/h4-7,13-14,19H,3,8-12H2,1-2H3,(H,20,22)(H,21,23). The van der Waals surface area contributed by atoms with Crippen LogP contribution in [0, 0.1) is 11.8 Å². The van der Waals surface area contributed by atoms with E-state index in [0.717, 1.165) is 37.3 Å². The van der Waals surface area contributed by atoms with E-state index in [0.29, 0.717) is 24.7 Å². The van der Waals surface area contributed by atoms with E-state index in [1.165, 1.54) is 0 Å². The first-order valence-electron chi connectivity index (χ1n) is 8.43. The highest BCUT2D eigenvalue weighted by atomic mass is 16.2. The van der Waals surface area contributed by atoms with Crippen LogP contribution in [0.1, 0.15) is 39.5 Å². The molecule has 0 aliphatic carbocycles. The van der Waals surface area contributed by atoms with E-state index >= 15 is 0 Å². The zero-order valence-electron chi connectivity index (χ0n) is 14.0. The zero-order valence-corrected chi connectivity index (χ0v) is 14.0. The number of hydrogen-bond acceptors (Lipinski definition) is 3. The Bertz CT molecular complexity index is 520. The molecular weight excluding hydrogens is 290 g/mol. The summed E-state index contributed by atoms with van der Waals surface area (Å²) in [6, 6.07) is 7.27. The Balaban J connectivity index is 1.75. The quantitative estimate of drug-likeness (QED) is 0.724. The van der Waals surface area contributed by atoms with Gasteiger partial charge in [0.25, 0.3) is 0 Å². The minimum Gasteiger partial charge on any atom is -0.326 e. The molecule has 0 aromatic heterocycles. The lowest BCUT2D eigenvalue weighted by molar-refractivity contribution is -0.117. The summed E-state index contributed by atoms with van der Waals surface area (Å²) in [6.45, 7) is 6.12. The Morgan fingerprint density at radius 3 is 2.26 bits per heavy atom. The molecule has 3 N–H and O–H groups in total. The molecule has 1 aliphatic heterocycles. The molecule has 1 aliphatic rings. The molecule has 0 spiro atoms. The fourth-order valence-electron chi connectivity index (χ4n) is 2.74. The average Bonchev–Trinajstić information content (AvgIpc) is 3.00. The maximum Gasteiger partial charge on any atom is 0.224 e. The van der Waals surface area contributed by atoms with Crippen LogP contribution in [0.2, 0.25) is 0 Å². The summed E-state index contributed by atoms with van der Waals surface area (Å²) < 4.78 is 0. The second-order valence-corrected chi connectivity index (χ2v) is 6.67. The third kappa shape index (κ3) is 6.40. The van der Waals surface area contributed by atoms with Crippen molar-refractivity contribution in [3.63, 3.8) is 0 Å². The van der Waals surface area contributed by atoms with E-state index in [1.807, 2.05) is 38.1 Å². The second-order valence-electron chi connectivity index (χ2n) is 6.67. The normalized spacial score (nSPS) is 17.3. The van der Waals surface area contributed by atoms with E-state index in [2.05, 4.69) is 16.0 Å². The van der Waals surface area contributed by atoms with Gasteiger partial charge in [0, 0.05) is 24.2 Å². The Labute approximate surface area is 138 Å². The molecule has 5 nitrogen and oxygen atoms in total. The molecule has 1 aromatic rings. The van der Waals surface area contributed by atoms with Gasteiger partial charge in [-0.3, -0.25) is 9.59 Å². The number of nitrogens with one attached hydrogen (secondary N) is 3. The number of carbonyl (C=O) groups is 2. The Hall–Kier alpha value is -1.88. The van der Waals surface area contributed by atoms with Gasteiger partial charge in [-0.25, -0.2) is 0 Å². The monoisotopic (exact) mass is 317 g/mol. The van der Waals surface area contributed by atoms with Crippen LogP contribution in [0.25, 0.3) is 0 Å². The largest absolute Gasteiger partial charge is 0.326 e. The molecule has 23 heavy (non-hydrogen) atoms. The van der Waals surface area contributed by atoms with Crippen molar-refractivity contribution in [1.82, 2.24) is 5.32 Å². The van der Waals surface area contributed by atoms with Crippen molar-refractivity contribution in [3.8, 4) is 0 Å². The van der Waals surface area contributed by atoms with Gasteiger partial charge < -0.3 is 16.0 Å². The van der Waals surface area contributed by atoms with Gasteiger partial charge in [0.05, 0.1) is 0 Å². The maximum absolute atomic E-state index is 12.0. The van der Waals surface area contributed by atoms with Crippen LogP contribution < -0.4 is 16.0 Å². The summed E-state index contributed by atoms with van der Waals surface area (Å²) in [6.07, 6.45) is 3.16.